The van der Waals surface area contributed by atoms with Crippen LogP contribution in [0.2, 0.25) is 0 Å². The molecule has 0 amide bonds. The number of nitrogens with zero attached hydrogens (tertiary/aromatic N) is 2. The van der Waals surface area contributed by atoms with E-state index < -0.39 is 0 Å². The van der Waals surface area contributed by atoms with Gasteiger partial charge >= 0.3 is 0 Å². The number of rotatable bonds is 5. The van der Waals surface area contributed by atoms with E-state index in [0.29, 0.717) is 12.2 Å². The summed E-state index contributed by atoms with van der Waals surface area (Å²) in [4.78, 5) is 5.83. The number of halogens is 1. The Bertz CT molecular complexity index is 796. The van der Waals surface area contributed by atoms with E-state index in [1.165, 1.54) is 6.08 Å². The molecule has 0 spiro atoms. The van der Waals surface area contributed by atoms with E-state index in [1.807, 2.05) is 73.7 Å². The molecule has 0 fully saturated rings. The Labute approximate surface area is 141 Å². The fourth-order valence-electron chi connectivity index (χ4n) is 2.44. The highest BCUT2D eigenvalue weighted by atomic mass is 19.1. The molecule has 1 heterocycles. The molecule has 0 unspecified atom stereocenters. The van der Waals surface area contributed by atoms with E-state index in [1.54, 1.807) is 17.2 Å². The standard InChI is InChI=1S/C21H19FN2/c1-17-10-12-20(13-11-17)24(16-18-7-3-2-4-8-18)21(22)15-19-9-5-6-14-23-19/h2-15H,16H2,1H3/b21-15+. The Morgan fingerprint density at radius 2 is 1.67 bits per heavy atom. The quantitative estimate of drug-likeness (QED) is 0.588. The minimum absolute atomic E-state index is 0.332. The third-order valence-electron chi connectivity index (χ3n) is 3.74. The van der Waals surface area contributed by atoms with Gasteiger partial charge in [0.1, 0.15) is 0 Å². The van der Waals surface area contributed by atoms with Crippen molar-refractivity contribution in [3.63, 3.8) is 0 Å². The van der Waals surface area contributed by atoms with Gasteiger partial charge in [-0.3, -0.25) is 4.98 Å². The van der Waals surface area contributed by atoms with E-state index in [2.05, 4.69) is 4.98 Å². The van der Waals surface area contributed by atoms with Crippen molar-refractivity contribution in [2.75, 3.05) is 4.90 Å². The Morgan fingerprint density at radius 1 is 0.958 bits per heavy atom. The van der Waals surface area contributed by atoms with Crippen molar-refractivity contribution >= 4 is 11.8 Å². The number of aryl methyl sites for hydroxylation is 1. The van der Waals surface area contributed by atoms with Crippen LogP contribution in [0.3, 0.4) is 0 Å². The van der Waals surface area contributed by atoms with E-state index in [0.717, 1.165) is 16.8 Å². The highest BCUT2D eigenvalue weighted by Gasteiger charge is 2.13. The summed E-state index contributed by atoms with van der Waals surface area (Å²) in [5.74, 6) is -0.332. The summed E-state index contributed by atoms with van der Waals surface area (Å²) in [6.45, 7) is 2.48. The van der Waals surface area contributed by atoms with Crippen LogP contribution in [0.4, 0.5) is 10.1 Å². The molecule has 2 nitrogen and oxygen atoms in total. The first-order valence-corrected chi connectivity index (χ1v) is 7.89. The molecule has 0 saturated carbocycles. The van der Waals surface area contributed by atoms with Crippen molar-refractivity contribution < 1.29 is 4.39 Å². The molecule has 0 aliphatic rings. The van der Waals surface area contributed by atoms with Crippen molar-refractivity contribution in [3.8, 4) is 0 Å². The highest BCUT2D eigenvalue weighted by Crippen LogP contribution is 2.24. The minimum atomic E-state index is -0.332. The maximum Gasteiger partial charge on any atom is 0.196 e. The van der Waals surface area contributed by atoms with Crippen LogP contribution in [0.25, 0.3) is 6.08 Å². The number of hydrogen-bond donors (Lipinski definition) is 0. The molecule has 1 aromatic heterocycles. The van der Waals surface area contributed by atoms with Gasteiger partial charge in [-0.05, 0) is 36.8 Å². The molecule has 0 atom stereocenters. The van der Waals surface area contributed by atoms with Crippen LogP contribution >= 0.6 is 0 Å². The van der Waals surface area contributed by atoms with Gasteiger partial charge in [-0.2, -0.15) is 4.39 Å². The highest BCUT2D eigenvalue weighted by molar-refractivity contribution is 5.59. The first-order valence-electron chi connectivity index (χ1n) is 7.89. The van der Waals surface area contributed by atoms with Crippen molar-refractivity contribution in [2.24, 2.45) is 0 Å². The monoisotopic (exact) mass is 318 g/mol. The molecular formula is C21H19FN2. The van der Waals surface area contributed by atoms with Crippen LogP contribution in [0.5, 0.6) is 0 Å². The zero-order valence-electron chi connectivity index (χ0n) is 13.6. The molecule has 0 N–H and O–H groups in total. The predicted molar refractivity (Wildman–Crippen MR) is 97.1 cm³/mol. The molecule has 0 bridgehead atoms. The molecule has 3 heteroatoms. The third-order valence-corrected chi connectivity index (χ3v) is 3.74. The van der Waals surface area contributed by atoms with Gasteiger partial charge in [0.05, 0.1) is 12.2 Å². The zero-order valence-corrected chi connectivity index (χ0v) is 13.6. The fourth-order valence-corrected chi connectivity index (χ4v) is 2.44. The molecule has 2 aromatic carbocycles. The summed E-state index contributed by atoms with van der Waals surface area (Å²) >= 11 is 0. The topological polar surface area (TPSA) is 16.1 Å². The van der Waals surface area contributed by atoms with Crippen LogP contribution in [0.1, 0.15) is 16.8 Å². The van der Waals surface area contributed by atoms with Crippen molar-refractivity contribution in [2.45, 2.75) is 13.5 Å². The normalized spacial score (nSPS) is 11.3. The molecule has 24 heavy (non-hydrogen) atoms. The molecule has 0 radical (unpaired) electrons. The molecule has 0 saturated heterocycles. The zero-order chi connectivity index (χ0) is 16.8. The van der Waals surface area contributed by atoms with Gasteiger partial charge in [0.15, 0.2) is 5.95 Å². The van der Waals surface area contributed by atoms with Crippen molar-refractivity contribution in [3.05, 3.63) is 102 Å². The van der Waals surface area contributed by atoms with Gasteiger partial charge in [0.25, 0.3) is 0 Å². The van der Waals surface area contributed by atoms with Crippen LogP contribution in [0.15, 0.2) is 84.9 Å². The lowest BCUT2D eigenvalue weighted by molar-refractivity contribution is 0.593. The summed E-state index contributed by atoms with van der Waals surface area (Å²) in [6, 6.07) is 23.2. The maximum atomic E-state index is 15.0. The van der Waals surface area contributed by atoms with Gasteiger partial charge in [-0.1, -0.05) is 54.1 Å². The minimum Gasteiger partial charge on any atom is -0.314 e. The van der Waals surface area contributed by atoms with Gasteiger partial charge in [0.2, 0.25) is 0 Å². The Hall–Kier alpha value is -2.94. The van der Waals surface area contributed by atoms with Crippen molar-refractivity contribution in [1.29, 1.82) is 0 Å². The van der Waals surface area contributed by atoms with E-state index in [-0.39, 0.29) is 5.95 Å². The second-order valence-corrected chi connectivity index (χ2v) is 5.63. The summed E-state index contributed by atoms with van der Waals surface area (Å²) in [5, 5.41) is 0. The van der Waals surface area contributed by atoms with Gasteiger partial charge in [0, 0.05) is 18.0 Å². The summed E-state index contributed by atoms with van der Waals surface area (Å²) in [7, 11) is 0. The molecule has 3 aromatic rings. The Balaban J connectivity index is 1.94. The van der Waals surface area contributed by atoms with Crippen molar-refractivity contribution in [1.82, 2.24) is 4.98 Å². The SMILES string of the molecule is Cc1ccc(N(Cc2ccccc2)/C(F)=C/c2ccccn2)cc1. The van der Waals surface area contributed by atoms with Crippen LogP contribution in [0, 0.1) is 6.92 Å². The van der Waals surface area contributed by atoms with Gasteiger partial charge in [-0.25, -0.2) is 0 Å². The lowest BCUT2D eigenvalue weighted by Crippen LogP contribution is -2.19. The largest absolute Gasteiger partial charge is 0.314 e. The van der Waals surface area contributed by atoms with E-state index in [9.17, 15) is 4.39 Å². The molecule has 0 aliphatic heterocycles. The molecule has 120 valence electrons. The number of anilines is 1. The Kier molecular flexibility index (Phi) is 5.02. The van der Waals surface area contributed by atoms with E-state index in [4.69, 9.17) is 0 Å². The fraction of sp³-hybridized carbons (Fsp3) is 0.0952. The molecular weight excluding hydrogens is 299 g/mol. The van der Waals surface area contributed by atoms with Crippen LogP contribution in [-0.4, -0.2) is 4.98 Å². The second kappa shape index (κ2) is 7.55. The summed E-state index contributed by atoms with van der Waals surface area (Å²) in [5.41, 5.74) is 3.60. The number of hydrogen-bond acceptors (Lipinski definition) is 2. The maximum absolute atomic E-state index is 15.0. The smallest absolute Gasteiger partial charge is 0.196 e. The number of pyridine rings is 1. The number of benzene rings is 2. The van der Waals surface area contributed by atoms with Crippen LogP contribution in [-0.2, 0) is 6.54 Å². The average Bonchev–Trinajstić information content (AvgIpc) is 2.62. The van der Waals surface area contributed by atoms with E-state index >= 15 is 0 Å². The first-order chi connectivity index (χ1) is 11.7. The average molecular weight is 318 g/mol. The van der Waals surface area contributed by atoms with Gasteiger partial charge < -0.3 is 4.90 Å². The summed E-state index contributed by atoms with van der Waals surface area (Å²) in [6.07, 6.45) is 3.12. The van der Waals surface area contributed by atoms with Crippen LogP contribution < -0.4 is 4.90 Å². The second-order valence-electron chi connectivity index (χ2n) is 5.63. The Morgan fingerprint density at radius 3 is 2.33 bits per heavy atom. The van der Waals surface area contributed by atoms with Gasteiger partial charge in [-0.15, -0.1) is 0 Å². The third kappa shape index (κ3) is 4.07. The first kappa shape index (κ1) is 15.9. The number of aromatic nitrogens is 1. The lowest BCUT2D eigenvalue weighted by Gasteiger charge is -2.23. The lowest BCUT2D eigenvalue weighted by atomic mass is 10.1. The predicted octanol–water partition coefficient (Wildman–Crippen LogP) is 5.36. The molecule has 0 aliphatic carbocycles. The summed E-state index contributed by atoms with van der Waals surface area (Å²) < 4.78 is 15.0. The molecule has 3 rings (SSSR count).